The van der Waals surface area contributed by atoms with E-state index in [1.54, 1.807) is 24.4 Å². The maximum atomic E-state index is 12.3. The van der Waals surface area contributed by atoms with E-state index in [2.05, 4.69) is 29.8 Å². The zero-order chi connectivity index (χ0) is 25.5. The number of hydrogen-bond acceptors (Lipinski definition) is 8. The quantitative estimate of drug-likeness (QED) is 0.458. The number of fused-ring (bicyclic) bond motifs is 1. The molecule has 0 aliphatic carbocycles. The molecule has 12 heteroatoms. The number of carbonyl (C=O) groups is 1. The minimum absolute atomic E-state index is 0.168. The summed E-state index contributed by atoms with van der Waals surface area (Å²) in [4.78, 5) is 25.8. The van der Waals surface area contributed by atoms with Crippen molar-refractivity contribution in [2.45, 2.75) is 12.9 Å². The number of amides is 1. The minimum atomic E-state index is -4.77. The highest BCUT2D eigenvalue weighted by atomic mass is 19.4. The van der Waals surface area contributed by atoms with Crippen LogP contribution in [0.2, 0.25) is 0 Å². The fourth-order valence-corrected chi connectivity index (χ4v) is 3.82. The van der Waals surface area contributed by atoms with E-state index in [4.69, 9.17) is 9.84 Å². The summed E-state index contributed by atoms with van der Waals surface area (Å²) in [6, 6.07) is 10.1. The number of aromatic nitrogens is 2. The Morgan fingerprint density at radius 2 is 1.72 bits per heavy atom. The predicted molar refractivity (Wildman–Crippen MR) is 126 cm³/mol. The number of carbonyl (C=O) groups excluding carboxylic acids is 1. The SMILES string of the molecule is O=C(COc1ccc(OC(F)(F)F)cc1)Nc1ccc2nc(CN3CCN(CCO)CC3)ncc2c1. The molecule has 1 aromatic heterocycles. The molecule has 0 atom stereocenters. The summed E-state index contributed by atoms with van der Waals surface area (Å²) in [5.74, 6) is 0.146. The lowest BCUT2D eigenvalue weighted by Crippen LogP contribution is -2.46. The van der Waals surface area contributed by atoms with Crippen molar-refractivity contribution in [1.29, 1.82) is 0 Å². The number of aliphatic hydroxyl groups is 1. The topological polar surface area (TPSA) is 100 Å². The highest BCUT2D eigenvalue weighted by Crippen LogP contribution is 2.25. The highest BCUT2D eigenvalue weighted by Gasteiger charge is 2.31. The van der Waals surface area contributed by atoms with Crippen molar-refractivity contribution in [1.82, 2.24) is 19.8 Å². The van der Waals surface area contributed by atoms with Crippen LogP contribution in [-0.2, 0) is 11.3 Å². The molecule has 1 aliphatic rings. The molecule has 2 heterocycles. The number of β-amino-alcohol motifs (C(OH)–C–C–N with tert-alkyl or cyclic N) is 1. The van der Waals surface area contributed by atoms with Crippen molar-refractivity contribution in [3.63, 3.8) is 0 Å². The fourth-order valence-electron chi connectivity index (χ4n) is 3.82. The maximum absolute atomic E-state index is 12.3. The van der Waals surface area contributed by atoms with Crippen molar-refractivity contribution >= 4 is 22.5 Å². The number of alkyl halides is 3. The zero-order valence-electron chi connectivity index (χ0n) is 19.4. The number of rotatable bonds is 9. The Morgan fingerprint density at radius 3 is 2.42 bits per heavy atom. The molecule has 9 nitrogen and oxygen atoms in total. The Balaban J connectivity index is 1.27. The number of anilines is 1. The summed E-state index contributed by atoms with van der Waals surface area (Å²) < 4.78 is 45.8. The lowest BCUT2D eigenvalue weighted by atomic mass is 10.2. The Kier molecular flexibility index (Phi) is 8.18. The van der Waals surface area contributed by atoms with Crippen molar-refractivity contribution in [2.75, 3.05) is 51.3 Å². The van der Waals surface area contributed by atoms with Crippen LogP contribution in [0.5, 0.6) is 11.5 Å². The normalized spacial score (nSPS) is 15.1. The predicted octanol–water partition coefficient (Wildman–Crippen LogP) is 2.66. The van der Waals surface area contributed by atoms with E-state index in [1.807, 2.05) is 0 Å². The van der Waals surface area contributed by atoms with Crippen LogP contribution in [0.3, 0.4) is 0 Å². The van der Waals surface area contributed by atoms with Crippen LogP contribution in [0.4, 0.5) is 18.9 Å². The summed E-state index contributed by atoms with van der Waals surface area (Å²) in [7, 11) is 0. The van der Waals surface area contributed by atoms with E-state index < -0.39 is 12.3 Å². The number of nitrogens with zero attached hydrogens (tertiary/aromatic N) is 4. The number of piperazine rings is 1. The molecule has 192 valence electrons. The minimum Gasteiger partial charge on any atom is -0.484 e. The Morgan fingerprint density at radius 1 is 1.03 bits per heavy atom. The molecule has 1 saturated heterocycles. The lowest BCUT2D eigenvalue weighted by molar-refractivity contribution is -0.274. The molecule has 1 fully saturated rings. The Labute approximate surface area is 205 Å². The zero-order valence-corrected chi connectivity index (χ0v) is 19.4. The van der Waals surface area contributed by atoms with Crippen LogP contribution in [0.15, 0.2) is 48.7 Å². The van der Waals surface area contributed by atoms with Gasteiger partial charge in [-0.1, -0.05) is 0 Å². The summed E-state index contributed by atoms with van der Waals surface area (Å²) in [6.45, 7) is 4.76. The average molecular weight is 505 g/mol. The summed E-state index contributed by atoms with van der Waals surface area (Å²) in [5.41, 5.74) is 1.30. The number of hydrogen-bond donors (Lipinski definition) is 2. The van der Waals surface area contributed by atoms with Gasteiger partial charge in [-0.25, -0.2) is 9.97 Å². The van der Waals surface area contributed by atoms with Gasteiger partial charge in [0.25, 0.3) is 5.91 Å². The van der Waals surface area contributed by atoms with E-state index >= 15 is 0 Å². The van der Waals surface area contributed by atoms with Crippen molar-refractivity contribution in [2.24, 2.45) is 0 Å². The van der Waals surface area contributed by atoms with Gasteiger partial charge >= 0.3 is 6.36 Å². The Hall–Kier alpha value is -3.48. The molecule has 0 radical (unpaired) electrons. The van der Waals surface area contributed by atoms with Crippen LogP contribution < -0.4 is 14.8 Å². The van der Waals surface area contributed by atoms with Crippen molar-refractivity contribution in [3.8, 4) is 11.5 Å². The lowest BCUT2D eigenvalue weighted by Gasteiger charge is -2.33. The molecule has 1 aliphatic heterocycles. The molecular formula is C24H26F3N5O4. The van der Waals surface area contributed by atoms with Gasteiger partial charge in [-0.05, 0) is 42.5 Å². The molecule has 0 saturated carbocycles. The number of nitrogens with one attached hydrogen (secondary N) is 1. The maximum Gasteiger partial charge on any atom is 0.573 e. The molecule has 2 N–H and O–H groups in total. The van der Waals surface area contributed by atoms with Gasteiger partial charge in [-0.2, -0.15) is 0 Å². The number of aliphatic hydroxyl groups excluding tert-OH is 1. The van der Waals surface area contributed by atoms with E-state index in [9.17, 15) is 18.0 Å². The first-order valence-corrected chi connectivity index (χ1v) is 11.4. The van der Waals surface area contributed by atoms with Crippen molar-refractivity contribution < 1.29 is 32.5 Å². The summed E-state index contributed by atoms with van der Waals surface area (Å²) in [5, 5.41) is 12.5. The summed E-state index contributed by atoms with van der Waals surface area (Å²) in [6.07, 6.45) is -3.05. The van der Waals surface area contributed by atoms with Crippen LogP contribution in [0.1, 0.15) is 5.82 Å². The van der Waals surface area contributed by atoms with Gasteiger partial charge in [0, 0.05) is 50.0 Å². The molecule has 3 aromatic rings. The van der Waals surface area contributed by atoms with Crippen LogP contribution in [0, 0.1) is 0 Å². The molecule has 0 spiro atoms. The molecule has 4 rings (SSSR count). The molecule has 2 aromatic carbocycles. The number of benzene rings is 2. The van der Waals surface area contributed by atoms with Gasteiger partial charge in [-0.3, -0.25) is 14.6 Å². The van der Waals surface area contributed by atoms with Gasteiger partial charge in [0.15, 0.2) is 6.61 Å². The smallest absolute Gasteiger partial charge is 0.484 e. The molecule has 36 heavy (non-hydrogen) atoms. The Bertz CT molecular complexity index is 1170. The van der Waals surface area contributed by atoms with Crippen molar-refractivity contribution in [3.05, 3.63) is 54.5 Å². The van der Waals surface area contributed by atoms with Crippen LogP contribution in [-0.4, -0.2) is 83.1 Å². The second-order valence-corrected chi connectivity index (χ2v) is 8.26. The third-order valence-electron chi connectivity index (χ3n) is 5.59. The molecular weight excluding hydrogens is 479 g/mol. The number of ether oxygens (including phenoxy) is 2. The third-order valence-corrected chi connectivity index (χ3v) is 5.59. The highest BCUT2D eigenvalue weighted by molar-refractivity contribution is 5.94. The molecule has 0 bridgehead atoms. The van der Waals surface area contributed by atoms with Crippen LogP contribution >= 0.6 is 0 Å². The fraction of sp³-hybridized carbons (Fsp3) is 0.375. The first-order chi connectivity index (χ1) is 17.3. The first-order valence-electron chi connectivity index (χ1n) is 11.4. The van der Waals surface area contributed by atoms with E-state index in [0.717, 1.165) is 55.0 Å². The molecule has 1 amide bonds. The van der Waals surface area contributed by atoms with E-state index in [0.29, 0.717) is 18.8 Å². The van der Waals surface area contributed by atoms with Gasteiger partial charge in [0.2, 0.25) is 0 Å². The van der Waals surface area contributed by atoms with Gasteiger partial charge in [-0.15, -0.1) is 13.2 Å². The van der Waals surface area contributed by atoms with Crippen LogP contribution in [0.25, 0.3) is 10.9 Å². The van der Waals surface area contributed by atoms with Gasteiger partial charge < -0.3 is 19.9 Å². The monoisotopic (exact) mass is 505 g/mol. The molecule has 0 unspecified atom stereocenters. The van der Waals surface area contributed by atoms with E-state index in [-0.39, 0.29) is 24.7 Å². The summed E-state index contributed by atoms with van der Waals surface area (Å²) >= 11 is 0. The second-order valence-electron chi connectivity index (χ2n) is 8.26. The second kappa shape index (κ2) is 11.5. The first kappa shape index (κ1) is 25.6. The standard InChI is InChI=1S/C24H26F3N5O4/c25-24(26,27)36-20-4-2-19(3-5-20)35-16-23(34)29-18-1-6-21-17(13-18)14-28-22(30-21)15-32-9-7-31(8-10-32)11-12-33/h1-6,13-14,33H,7-12,15-16H2,(H,29,34). The average Bonchev–Trinajstić information content (AvgIpc) is 2.84. The number of halogens is 3. The van der Waals surface area contributed by atoms with Gasteiger partial charge in [0.05, 0.1) is 18.7 Å². The van der Waals surface area contributed by atoms with E-state index in [1.165, 1.54) is 12.1 Å². The largest absolute Gasteiger partial charge is 0.573 e. The van der Waals surface area contributed by atoms with Gasteiger partial charge in [0.1, 0.15) is 17.3 Å². The third kappa shape index (κ3) is 7.51.